The molecule has 1 heterocycles. The Labute approximate surface area is 188 Å². The standard InChI is InChI=1S/C21H24N2O6S2/c1-4-28-21(27)17-13(2)18(19(26)22-3)31-20(17)23-15(24)12-29-16(25)10-11-30-14-8-6-5-7-9-14/h5-9H,4,10-12H2,1-3H3,(H,22,26)(H,23,24). The van der Waals surface area contributed by atoms with Gasteiger partial charge in [0.05, 0.1) is 23.5 Å². The van der Waals surface area contributed by atoms with Gasteiger partial charge in [0.2, 0.25) is 0 Å². The van der Waals surface area contributed by atoms with Crippen molar-refractivity contribution in [1.29, 1.82) is 0 Å². The lowest BCUT2D eigenvalue weighted by molar-refractivity contribution is -0.146. The van der Waals surface area contributed by atoms with Gasteiger partial charge >= 0.3 is 11.9 Å². The SMILES string of the molecule is CCOC(=O)c1c(NC(=O)COC(=O)CCSc2ccccc2)sc(C(=O)NC)c1C. The quantitative estimate of drug-likeness (QED) is 0.410. The summed E-state index contributed by atoms with van der Waals surface area (Å²) < 4.78 is 10.0. The number of thiophene rings is 1. The highest BCUT2D eigenvalue weighted by molar-refractivity contribution is 7.99. The first-order chi connectivity index (χ1) is 14.9. The fourth-order valence-corrected chi connectivity index (χ4v) is 4.54. The molecule has 2 rings (SSSR count). The monoisotopic (exact) mass is 464 g/mol. The number of anilines is 1. The maximum atomic E-state index is 12.3. The highest BCUT2D eigenvalue weighted by Crippen LogP contribution is 2.33. The number of amides is 2. The van der Waals surface area contributed by atoms with Crippen molar-refractivity contribution in [1.82, 2.24) is 5.32 Å². The molecule has 0 atom stereocenters. The van der Waals surface area contributed by atoms with Crippen molar-refractivity contribution in [2.75, 3.05) is 31.3 Å². The fourth-order valence-electron chi connectivity index (χ4n) is 2.53. The first-order valence-electron chi connectivity index (χ1n) is 9.53. The molecule has 0 aliphatic carbocycles. The second-order valence-corrected chi connectivity index (χ2v) is 8.37. The van der Waals surface area contributed by atoms with Crippen LogP contribution in [0.1, 0.15) is 38.9 Å². The van der Waals surface area contributed by atoms with Crippen molar-refractivity contribution in [3.63, 3.8) is 0 Å². The maximum absolute atomic E-state index is 12.3. The van der Waals surface area contributed by atoms with E-state index in [0.29, 0.717) is 11.3 Å². The van der Waals surface area contributed by atoms with Gasteiger partial charge in [0.25, 0.3) is 11.8 Å². The van der Waals surface area contributed by atoms with Crippen LogP contribution < -0.4 is 10.6 Å². The van der Waals surface area contributed by atoms with Crippen LogP contribution in [0.5, 0.6) is 0 Å². The molecule has 0 fully saturated rings. The van der Waals surface area contributed by atoms with Gasteiger partial charge in [0.15, 0.2) is 6.61 Å². The Hall–Kier alpha value is -2.85. The molecule has 0 spiro atoms. The van der Waals surface area contributed by atoms with E-state index in [1.807, 2.05) is 30.3 Å². The molecular weight excluding hydrogens is 440 g/mol. The number of carbonyl (C=O) groups excluding carboxylic acids is 4. The first kappa shape index (κ1) is 24.4. The van der Waals surface area contributed by atoms with Crippen LogP contribution in [0.4, 0.5) is 5.00 Å². The minimum atomic E-state index is -0.642. The van der Waals surface area contributed by atoms with Crippen molar-refractivity contribution >= 4 is 51.9 Å². The van der Waals surface area contributed by atoms with Crippen molar-refractivity contribution in [3.8, 4) is 0 Å². The van der Waals surface area contributed by atoms with E-state index in [-0.39, 0.29) is 34.4 Å². The van der Waals surface area contributed by atoms with Crippen LogP contribution in [0.3, 0.4) is 0 Å². The summed E-state index contributed by atoms with van der Waals surface area (Å²) in [6.45, 7) is 2.92. The average molecular weight is 465 g/mol. The van der Waals surface area contributed by atoms with Gasteiger partial charge in [-0.1, -0.05) is 18.2 Å². The molecule has 0 saturated heterocycles. The van der Waals surface area contributed by atoms with E-state index in [2.05, 4.69) is 10.6 Å². The first-order valence-corrected chi connectivity index (χ1v) is 11.3. The van der Waals surface area contributed by atoms with Crippen LogP contribution in [-0.4, -0.2) is 49.8 Å². The average Bonchev–Trinajstić information content (AvgIpc) is 3.08. The topological polar surface area (TPSA) is 111 Å². The largest absolute Gasteiger partial charge is 0.462 e. The van der Waals surface area contributed by atoms with Crippen molar-refractivity contribution in [2.45, 2.75) is 25.2 Å². The van der Waals surface area contributed by atoms with E-state index < -0.39 is 24.5 Å². The summed E-state index contributed by atoms with van der Waals surface area (Å²) in [5, 5.41) is 5.21. The smallest absolute Gasteiger partial charge is 0.341 e. The van der Waals surface area contributed by atoms with Crippen molar-refractivity contribution in [2.24, 2.45) is 0 Å². The lowest BCUT2D eigenvalue weighted by Crippen LogP contribution is -2.22. The van der Waals surface area contributed by atoms with Crippen LogP contribution in [0.25, 0.3) is 0 Å². The zero-order valence-corrected chi connectivity index (χ0v) is 19.1. The highest BCUT2D eigenvalue weighted by Gasteiger charge is 2.26. The van der Waals surface area contributed by atoms with E-state index in [1.54, 1.807) is 13.8 Å². The van der Waals surface area contributed by atoms with E-state index in [9.17, 15) is 19.2 Å². The summed E-state index contributed by atoms with van der Waals surface area (Å²) in [5.41, 5.74) is 0.525. The van der Waals surface area contributed by atoms with Gasteiger partial charge in [-0.15, -0.1) is 23.1 Å². The number of ether oxygens (including phenoxy) is 2. The van der Waals surface area contributed by atoms with Crippen molar-refractivity contribution in [3.05, 3.63) is 46.3 Å². The molecule has 2 N–H and O–H groups in total. The number of benzene rings is 1. The van der Waals surface area contributed by atoms with Gasteiger partial charge in [-0.05, 0) is 31.5 Å². The number of thioether (sulfide) groups is 1. The minimum Gasteiger partial charge on any atom is -0.462 e. The molecule has 0 aliphatic heterocycles. The molecule has 31 heavy (non-hydrogen) atoms. The molecule has 166 valence electrons. The molecule has 2 amide bonds. The summed E-state index contributed by atoms with van der Waals surface area (Å²) in [6.07, 6.45) is 0.153. The predicted molar refractivity (Wildman–Crippen MR) is 120 cm³/mol. The van der Waals surface area contributed by atoms with Crippen LogP contribution in [0, 0.1) is 6.92 Å². The summed E-state index contributed by atoms with van der Waals surface area (Å²) in [4.78, 5) is 49.8. The third-order valence-corrected chi connectivity index (χ3v) is 6.21. The van der Waals surface area contributed by atoms with Gasteiger partial charge in [0, 0.05) is 17.7 Å². The third-order valence-electron chi connectivity index (χ3n) is 3.99. The summed E-state index contributed by atoms with van der Waals surface area (Å²) in [7, 11) is 1.47. The lowest BCUT2D eigenvalue weighted by Gasteiger charge is -2.08. The summed E-state index contributed by atoms with van der Waals surface area (Å²) in [6, 6.07) is 9.63. The minimum absolute atomic E-state index is 0.115. The van der Waals surface area contributed by atoms with E-state index >= 15 is 0 Å². The Balaban J connectivity index is 1.93. The number of carbonyl (C=O) groups is 4. The van der Waals surface area contributed by atoms with E-state index in [0.717, 1.165) is 16.2 Å². The molecule has 0 aliphatic rings. The molecule has 1 aromatic heterocycles. The number of rotatable bonds is 10. The number of hydrogen-bond acceptors (Lipinski definition) is 8. The molecule has 0 bridgehead atoms. The fraction of sp³-hybridized carbons (Fsp3) is 0.333. The normalized spacial score (nSPS) is 10.3. The van der Waals surface area contributed by atoms with Gasteiger partial charge in [0.1, 0.15) is 5.00 Å². The predicted octanol–water partition coefficient (Wildman–Crippen LogP) is 3.26. The Morgan fingerprint density at radius 1 is 1.10 bits per heavy atom. The molecule has 0 saturated carbocycles. The molecule has 2 aromatic rings. The summed E-state index contributed by atoms with van der Waals surface area (Å²) in [5.74, 6) is -1.61. The van der Waals surface area contributed by atoms with Crippen LogP contribution in [0.15, 0.2) is 35.2 Å². The van der Waals surface area contributed by atoms with Crippen LogP contribution >= 0.6 is 23.1 Å². The second-order valence-electron chi connectivity index (χ2n) is 6.18. The third kappa shape index (κ3) is 7.11. The molecule has 1 aromatic carbocycles. The number of nitrogens with one attached hydrogen (secondary N) is 2. The zero-order chi connectivity index (χ0) is 22.8. The Morgan fingerprint density at radius 2 is 1.81 bits per heavy atom. The molecule has 0 radical (unpaired) electrons. The molecule has 10 heteroatoms. The van der Waals surface area contributed by atoms with Gasteiger partial charge < -0.3 is 20.1 Å². The highest BCUT2D eigenvalue weighted by atomic mass is 32.2. The Kier molecular flexibility index (Phi) is 9.54. The summed E-state index contributed by atoms with van der Waals surface area (Å²) >= 11 is 2.47. The van der Waals surface area contributed by atoms with Gasteiger partial charge in [-0.25, -0.2) is 4.79 Å². The zero-order valence-electron chi connectivity index (χ0n) is 17.5. The van der Waals surface area contributed by atoms with Crippen molar-refractivity contribution < 1.29 is 28.7 Å². The molecule has 8 nitrogen and oxygen atoms in total. The second kappa shape index (κ2) is 12.1. The maximum Gasteiger partial charge on any atom is 0.341 e. The van der Waals surface area contributed by atoms with Crippen LogP contribution in [0.2, 0.25) is 0 Å². The van der Waals surface area contributed by atoms with E-state index in [1.165, 1.54) is 18.8 Å². The van der Waals surface area contributed by atoms with Gasteiger partial charge in [-0.3, -0.25) is 14.4 Å². The molecule has 0 unspecified atom stereocenters. The Bertz CT molecular complexity index is 943. The van der Waals surface area contributed by atoms with E-state index in [4.69, 9.17) is 9.47 Å². The van der Waals surface area contributed by atoms with Crippen LogP contribution in [-0.2, 0) is 19.1 Å². The Morgan fingerprint density at radius 3 is 2.45 bits per heavy atom. The molecular formula is C21H24N2O6S2. The number of hydrogen-bond donors (Lipinski definition) is 2. The number of esters is 2. The van der Waals surface area contributed by atoms with Gasteiger partial charge in [-0.2, -0.15) is 0 Å². The lowest BCUT2D eigenvalue weighted by atomic mass is 10.1.